The fourth-order valence-corrected chi connectivity index (χ4v) is 4.12. The highest BCUT2D eigenvalue weighted by molar-refractivity contribution is 14.0. The van der Waals surface area contributed by atoms with Gasteiger partial charge >= 0.3 is 0 Å². The van der Waals surface area contributed by atoms with Crippen molar-refractivity contribution >= 4 is 41.3 Å². The van der Waals surface area contributed by atoms with Gasteiger partial charge in [-0.25, -0.2) is 15.0 Å². The van der Waals surface area contributed by atoms with E-state index in [1.165, 1.54) is 18.5 Å². The number of hydrogen-bond donors (Lipinski definition) is 2. The van der Waals surface area contributed by atoms with Crippen molar-refractivity contribution < 1.29 is 4.42 Å². The zero-order valence-electron chi connectivity index (χ0n) is 19.4. The highest BCUT2D eigenvalue weighted by Gasteiger charge is 2.21. The van der Waals surface area contributed by atoms with Crippen LogP contribution in [-0.2, 0) is 18.5 Å². The first-order valence-electron chi connectivity index (χ1n) is 10.9. The summed E-state index contributed by atoms with van der Waals surface area (Å²) in [5.41, 5.74) is 1.17. The zero-order chi connectivity index (χ0) is 21.6. The van der Waals surface area contributed by atoms with Crippen LogP contribution in [0.1, 0.15) is 62.9 Å². The lowest BCUT2D eigenvalue weighted by Gasteiger charge is -2.31. The lowest BCUT2D eigenvalue weighted by Crippen LogP contribution is -2.42. The van der Waals surface area contributed by atoms with Crippen LogP contribution < -0.4 is 10.6 Å². The molecule has 2 aromatic heterocycles. The third-order valence-electron chi connectivity index (χ3n) is 5.33. The number of nitrogens with one attached hydrogen (secondary N) is 2. The van der Waals surface area contributed by atoms with E-state index in [0.29, 0.717) is 18.4 Å². The summed E-state index contributed by atoms with van der Waals surface area (Å²) in [4.78, 5) is 16.1. The molecule has 174 valence electrons. The predicted octanol–water partition coefficient (Wildman–Crippen LogP) is 4.32. The summed E-state index contributed by atoms with van der Waals surface area (Å²) in [6, 6.07) is 0. The second kappa shape index (κ2) is 12.2. The van der Waals surface area contributed by atoms with E-state index in [1.54, 1.807) is 11.3 Å². The van der Waals surface area contributed by atoms with Gasteiger partial charge in [0, 0.05) is 30.4 Å². The number of rotatable bonds is 7. The standard InChI is InChI=1S/C22H36N6OS.HI/c1-6-23-21(26-13-20-24-12-19(29-20)22(3,4)5)25-11-17-7-9-28(10-8-17)14-18-15-30-16(2)27-18;/h12,15,17H,6-11,13-14H2,1-5H3,(H2,23,25,26);1H. The summed E-state index contributed by atoms with van der Waals surface area (Å²) in [5, 5.41) is 10.2. The van der Waals surface area contributed by atoms with Gasteiger partial charge in [-0.15, -0.1) is 35.3 Å². The fourth-order valence-electron chi connectivity index (χ4n) is 3.52. The van der Waals surface area contributed by atoms with Crippen LogP contribution in [0.4, 0.5) is 0 Å². The molecule has 0 radical (unpaired) electrons. The maximum absolute atomic E-state index is 5.85. The normalized spacial score (nSPS) is 16.2. The first-order chi connectivity index (χ1) is 14.3. The molecule has 0 bridgehead atoms. The molecular weight excluding hydrogens is 523 g/mol. The summed E-state index contributed by atoms with van der Waals surface area (Å²) in [7, 11) is 0. The maximum Gasteiger partial charge on any atom is 0.216 e. The van der Waals surface area contributed by atoms with Gasteiger partial charge in [-0.1, -0.05) is 20.8 Å². The molecule has 0 atom stereocenters. The van der Waals surface area contributed by atoms with Crippen LogP contribution in [0.25, 0.3) is 0 Å². The van der Waals surface area contributed by atoms with Crippen LogP contribution in [0, 0.1) is 12.8 Å². The number of nitrogens with zero attached hydrogens (tertiary/aromatic N) is 4. The van der Waals surface area contributed by atoms with Crippen molar-refractivity contribution in [2.75, 3.05) is 26.2 Å². The Labute approximate surface area is 207 Å². The van der Waals surface area contributed by atoms with Crippen molar-refractivity contribution in [3.63, 3.8) is 0 Å². The average molecular weight is 561 g/mol. The number of aromatic nitrogens is 2. The molecule has 0 aliphatic carbocycles. The summed E-state index contributed by atoms with van der Waals surface area (Å²) >= 11 is 1.74. The topological polar surface area (TPSA) is 78.6 Å². The van der Waals surface area contributed by atoms with E-state index in [1.807, 2.05) is 6.20 Å². The maximum atomic E-state index is 5.85. The van der Waals surface area contributed by atoms with Gasteiger partial charge in [-0.2, -0.15) is 0 Å². The number of oxazole rings is 1. The average Bonchev–Trinajstić information content (AvgIpc) is 3.34. The van der Waals surface area contributed by atoms with Crippen LogP contribution >= 0.6 is 35.3 Å². The van der Waals surface area contributed by atoms with E-state index in [0.717, 1.165) is 49.5 Å². The van der Waals surface area contributed by atoms with E-state index in [9.17, 15) is 0 Å². The van der Waals surface area contributed by atoms with Crippen molar-refractivity contribution in [3.05, 3.63) is 33.9 Å². The van der Waals surface area contributed by atoms with Crippen molar-refractivity contribution in [1.82, 2.24) is 25.5 Å². The molecule has 1 saturated heterocycles. The quantitative estimate of drug-likeness (QED) is 0.299. The van der Waals surface area contributed by atoms with Gasteiger partial charge in [0.2, 0.25) is 5.89 Å². The summed E-state index contributed by atoms with van der Waals surface area (Å²) < 4.78 is 5.85. The first kappa shape index (κ1) is 26.1. The Morgan fingerprint density at radius 1 is 1.29 bits per heavy atom. The molecule has 3 rings (SSSR count). The van der Waals surface area contributed by atoms with E-state index in [2.05, 4.69) is 70.5 Å². The molecule has 2 N–H and O–H groups in total. The number of hydrogen-bond acceptors (Lipinski definition) is 6. The number of piperidine rings is 1. The summed E-state index contributed by atoms with van der Waals surface area (Å²) in [6.07, 6.45) is 4.21. The van der Waals surface area contributed by atoms with Gasteiger partial charge in [0.25, 0.3) is 0 Å². The predicted molar refractivity (Wildman–Crippen MR) is 138 cm³/mol. The zero-order valence-corrected chi connectivity index (χ0v) is 22.5. The minimum absolute atomic E-state index is 0. The molecule has 2 aromatic rings. The molecular formula is C22H37IN6OS. The third kappa shape index (κ3) is 8.34. The number of thiazole rings is 1. The van der Waals surface area contributed by atoms with Crippen molar-refractivity contribution in [3.8, 4) is 0 Å². The molecule has 0 unspecified atom stereocenters. The van der Waals surface area contributed by atoms with Crippen molar-refractivity contribution in [1.29, 1.82) is 0 Å². The third-order valence-corrected chi connectivity index (χ3v) is 6.15. The molecule has 1 aliphatic rings. The number of guanidine groups is 1. The van der Waals surface area contributed by atoms with E-state index in [-0.39, 0.29) is 29.4 Å². The van der Waals surface area contributed by atoms with Crippen LogP contribution in [0.2, 0.25) is 0 Å². The van der Waals surface area contributed by atoms with E-state index >= 15 is 0 Å². The molecule has 1 aliphatic heterocycles. The van der Waals surface area contributed by atoms with Crippen LogP contribution in [0.3, 0.4) is 0 Å². The minimum atomic E-state index is -0.0368. The second-order valence-corrected chi connectivity index (χ2v) is 10.1. The monoisotopic (exact) mass is 560 g/mol. The van der Waals surface area contributed by atoms with Crippen molar-refractivity contribution in [2.45, 2.75) is 66.0 Å². The van der Waals surface area contributed by atoms with Gasteiger partial charge in [-0.3, -0.25) is 4.90 Å². The van der Waals surface area contributed by atoms with Gasteiger partial charge in [0.1, 0.15) is 12.3 Å². The number of halogens is 1. The van der Waals surface area contributed by atoms with Crippen LogP contribution in [0.5, 0.6) is 0 Å². The first-order valence-corrected chi connectivity index (χ1v) is 11.8. The molecule has 0 spiro atoms. The van der Waals surface area contributed by atoms with Crippen LogP contribution in [-0.4, -0.2) is 47.0 Å². The lowest BCUT2D eigenvalue weighted by atomic mass is 9.94. The Morgan fingerprint density at radius 3 is 2.61 bits per heavy atom. The van der Waals surface area contributed by atoms with Crippen molar-refractivity contribution in [2.24, 2.45) is 10.9 Å². The fraction of sp³-hybridized carbons (Fsp3) is 0.682. The molecule has 3 heterocycles. The molecule has 9 heteroatoms. The number of aliphatic imine (C=N–C) groups is 1. The highest BCUT2D eigenvalue weighted by Crippen LogP contribution is 2.23. The number of aryl methyl sites for hydroxylation is 1. The molecule has 0 saturated carbocycles. The Kier molecular flexibility index (Phi) is 10.2. The minimum Gasteiger partial charge on any atom is -0.443 e. The Bertz CT molecular complexity index is 820. The SMILES string of the molecule is CCNC(=NCc1ncc(C(C)(C)C)o1)NCC1CCN(Cc2csc(C)n2)CC1.I. The lowest BCUT2D eigenvalue weighted by molar-refractivity contribution is 0.176. The largest absolute Gasteiger partial charge is 0.443 e. The molecule has 0 amide bonds. The van der Waals surface area contributed by atoms with Gasteiger partial charge in [0.15, 0.2) is 5.96 Å². The molecule has 7 nitrogen and oxygen atoms in total. The Balaban J connectivity index is 0.00000341. The smallest absolute Gasteiger partial charge is 0.216 e. The number of likely N-dealkylation sites (tertiary alicyclic amines) is 1. The van der Waals surface area contributed by atoms with Gasteiger partial charge in [-0.05, 0) is 45.7 Å². The Hall–Kier alpha value is -1.20. The second-order valence-electron chi connectivity index (χ2n) is 9.02. The molecule has 0 aromatic carbocycles. The molecule has 31 heavy (non-hydrogen) atoms. The van der Waals surface area contributed by atoms with Gasteiger partial charge < -0.3 is 15.1 Å². The van der Waals surface area contributed by atoms with Gasteiger partial charge in [0.05, 0.1) is 16.9 Å². The Morgan fingerprint density at radius 2 is 2.03 bits per heavy atom. The highest BCUT2D eigenvalue weighted by atomic mass is 127. The molecule has 1 fully saturated rings. The van der Waals surface area contributed by atoms with E-state index < -0.39 is 0 Å². The van der Waals surface area contributed by atoms with E-state index in [4.69, 9.17) is 4.42 Å². The van der Waals surface area contributed by atoms with Crippen LogP contribution in [0.15, 0.2) is 21.0 Å². The summed E-state index contributed by atoms with van der Waals surface area (Å²) in [5.74, 6) is 3.04. The summed E-state index contributed by atoms with van der Waals surface area (Å²) in [6.45, 7) is 16.0.